The molecule has 0 radical (unpaired) electrons. The highest BCUT2D eigenvalue weighted by atomic mass is 79.9. The lowest BCUT2D eigenvalue weighted by Gasteiger charge is -2.20. The lowest BCUT2D eigenvalue weighted by Crippen LogP contribution is -2.24. The molecule has 0 heterocycles. The molecule has 106 valence electrons. The second-order valence-corrected chi connectivity index (χ2v) is 5.71. The van der Waals surface area contributed by atoms with Crippen LogP contribution in [0, 0.1) is 5.82 Å². The third-order valence-electron chi connectivity index (χ3n) is 3.27. The van der Waals surface area contributed by atoms with Crippen LogP contribution in [0.15, 0.2) is 53.0 Å². The molecule has 0 fully saturated rings. The van der Waals surface area contributed by atoms with Crippen LogP contribution in [0.25, 0.3) is 0 Å². The maximum Gasteiger partial charge on any atom is 0.123 e. The molecule has 1 N–H and O–H groups in total. The van der Waals surface area contributed by atoms with Gasteiger partial charge in [-0.1, -0.05) is 53.2 Å². The number of rotatable bonds is 6. The van der Waals surface area contributed by atoms with Crippen molar-refractivity contribution in [2.24, 2.45) is 0 Å². The van der Waals surface area contributed by atoms with E-state index in [0.717, 1.165) is 29.4 Å². The third-order valence-corrected chi connectivity index (χ3v) is 4.05. The summed E-state index contributed by atoms with van der Waals surface area (Å²) in [6.45, 7) is 3.06. The maximum atomic E-state index is 13.4. The number of hydrogen-bond acceptors (Lipinski definition) is 1. The van der Waals surface area contributed by atoms with Gasteiger partial charge in [-0.3, -0.25) is 0 Å². The molecule has 20 heavy (non-hydrogen) atoms. The number of halogens is 2. The summed E-state index contributed by atoms with van der Waals surface area (Å²) in [5.74, 6) is -0.182. The Bertz CT molecular complexity index is 556. The maximum absolute atomic E-state index is 13.4. The Morgan fingerprint density at radius 1 is 1.15 bits per heavy atom. The molecule has 0 saturated carbocycles. The molecule has 0 aliphatic rings. The molecule has 0 aliphatic carbocycles. The predicted octanol–water partition coefficient (Wildman–Crippen LogP) is 4.87. The summed E-state index contributed by atoms with van der Waals surface area (Å²) < 4.78 is 14.5. The van der Waals surface area contributed by atoms with E-state index in [2.05, 4.69) is 34.2 Å². The molecule has 2 aromatic carbocycles. The van der Waals surface area contributed by atoms with Gasteiger partial charge in [0.2, 0.25) is 0 Å². The van der Waals surface area contributed by atoms with Crippen molar-refractivity contribution >= 4 is 15.9 Å². The summed E-state index contributed by atoms with van der Waals surface area (Å²) in [5, 5.41) is 3.50. The zero-order chi connectivity index (χ0) is 14.4. The van der Waals surface area contributed by atoms with Gasteiger partial charge in [-0.25, -0.2) is 4.39 Å². The molecule has 0 aliphatic heterocycles. The Morgan fingerprint density at radius 2 is 1.95 bits per heavy atom. The lowest BCUT2D eigenvalue weighted by atomic mass is 9.98. The molecule has 0 saturated heterocycles. The van der Waals surface area contributed by atoms with E-state index in [-0.39, 0.29) is 11.9 Å². The minimum absolute atomic E-state index is 0.129. The van der Waals surface area contributed by atoms with Crippen molar-refractivity contribution < 1.29 is 4.39 Å². The van der Waals surface area contributed by atoms with Crippen LogP contribution in [-0.2, 0) is 6.42 Å². The van der Waals surface area contributed by atoms with Gasteiger partial charge in [0.15, 0.2) is 0 Å². The molecule has 2 aromatic rings. The number of nitrogens with one attached hydrogen (secondary N) is 1. The zero-order valence-electron chi connectivity index (χ0n) is 11.6. The Kier molecular flexibility index (Phi) is 5.74. The van der Waals surface area contributed by atoms with Crippen LogP contribution >= 0.6 is 15.9 Å². The van der Waals surface area contributed by atoms with E-state index in [4.69, 9.17) is 0 Å². The van der Waals surface area contributed by atoms with Crippen LogP contribution in [0.4, 0.5) is 4.39 Å². The van der Waals surface area contributed by atoms with Crippen molar-refractivity contribution in [3.63, 3.8) is 0 Å². The molecule has 1 atom stereocenters. The van der Waals surface area contributed by atoms with Gasteiger partial charge in [0, 0.05) is 10.5 Å². The summed E-state index contributed by atoms with van der Waals surface area (Å²) in [4.78, 5) is 0. The number of hydrogen-bond donors (Lipinski definition) is 1. The first-order valence-corrected chi connectivity index (χ1v) is 7.72. The van der Waals surface area contributed by atoms with Crippen LogP contribution in [0.2, 0.25) is 0 Å². The SMILES string of the molecule is CCCNC(Cc1ccccc1Br)c1cccc(F)c1. The van der Waals surface area contributed by atoms with Crippen LogP contribution in [0.3, 0.4) is 0 Å². The van der Waals surface area contributed by atoms with Crippen molar-refractivity contribution in [1.82, 2.24) is 5.32 Å². The van der Waals surface area contributed by atoms with E-state index in [1.807, 2.05) is 24.3 Å². The van der Waals surface area contributed by atoms with Gasteiger partial charge in [-0.05, 0) is 48.7 Å². The van der Waals surface area contributed by atoms with Crippen molar-refractivity contribution in [2.75, 3.05) is 6.54 Å². The van der Waals surface area contributed by atoms with Crippen molar-refractivity contribution in [3.05, 3.63) is 69.9 Å². The highest BCUT2D eigenvalue weighted by Crippen LogP contribution is 2.24. The van der Waals surface area contributed by atoms with Crippen molar-refractivity contribution in [1.29, 1.82) is 0 Å². The largest absolute Gasteiger partial charge is 0.310 e. The molecule has 0 spiro atoms. The second kappa shape index (κ2) is 7.55. The van der Waals surface area contributed by atoms with Crippen LogP contribution in [0.5, 0.6) is 0 Å². The normalized spacial score (nSPS) is 12.3. The topological polar surface area (TPSA) is 12.0 Å². The standard InChI is InChI=1S/C17H19BrFN/c1-2-10-20-17(14-7-5-8-15(19)11-14)12-13-6-3-4-9-16(13)18/h3-9,11,17,20H,2,10,12H2,1H3. The molecule has 0 bridgehead atoms. The molecule has 3 heteroatoms. The van der Waals surface area contributed by atoms with Crippen LogP contribution in [-0.4, -0.2) is 6.54 Å². The van der Waals surface area contributed by atoms with E-state index >= 15 is 0 Å². The summed E-state index contributed by atoms with van der Waals surface area (Å²) in [6, 6.07) is 15.2. The molecule has 1 nitrogen and oxygen atoms in total. The van der Waals surface area contributed by atoms with Gasteiger partial charge in [0.1, 0.15) is 5.82 Å². The zero-order valence-corrected chi connectivity index (χ0v) is 13.2. The van der Waals surface area contributed by atoms with Crippen molar-refractivity contribution in [3.8, 4) is 0 Å². The molecule has 1 unspecified atom stereocenters. The average Bonchev–Trinajstić information content (AvgIpc) is 2.45. The lowest BCUT2D eigenvalue weighted by molar-refractivity contribution is 0.523. The van der Waals surface area contributed by atoms with Gasteiger partial charge < -0.3 is 5.32 Å². The fraction of sp³-hybridized carbons (Fsp3) is 0.294. The van der Waals surface area contributed by atoms with Crippen molar-refractivity contribution in [2.45, 2.75) is 25.8 Å². The minimum atomic E-state index is -0.182. The Labute approximate surface area is 128 Å². The quantitative estimate of drug-likeness (QED) is 0.793. The van der Waals surface area contributed by atoms with Crippen LogP contribution in [0.1, 0.15) is 30.5 Å². The highest BCUT2D eigenvalue weighted by Gasteiger charge is 2.13. The molecular formula is C17H19BrFN. The van der Waals surface area contributed by atoms with E-state index in [0.29, 0.717) is 0 Å². The highest BCUT2D eigenvalue weighted by molar-refractivity contribution is 9.10. The predicted molar refractivity (Wildman–Crippen MR) is 85.3 cm³/mol. The fourth-order valence-corrected chi connectivity index (χ4v) is 2.68. The smallest absolute Gasteiger partial charge is 0.123 e. The second-order valence-electron chi connectivity index (χ2n) is 4.86. The molecular weight excluding hydrogens is 317 g/mol. The van der Waals surface area contributed by atoms with Gasteiger partial charge in [-0.2, -0.15) is 0 Å². The molecule has 2 rings (SSSR count). The van der Waals surface area contributed by atoms with Gasteiger partial charge >= 0.3 is 0 Å². The summed E-state index contributed by atoms with van der Waals surface area (Å²) in [6.07, 6.45) is 1.90. The first-order chi connectivity index (χ1) is 9.70. The van der Waals surface area contributed by atoms with E-state index in [1.54, 1.807) is 12.1 Å². The summed E-state index contributed by atoms with van der Waals surface area (Å²) in [5.41, 5.74) is 2.22. The Morgan fingerprint density at radius 3 is 2.65 bits per heavy atom. The minimum Gasteiger partial charge on any atom is -0.310 e. The Hall–Kier alpha value is -1.19. The Balaban J connectivity index is 2.21. The summed E-state index contributed by atoms with van der Waals surface area (Å²) >= 11 is 3.58. The molecule has 0 amide bonds. The fourth-order valence-electron chi connectivity index (χ4n) is 2.23. The third kappa shape index (κ3) is 4.15. The van der Waals surface area contributed by atoms with E-state index in [9.17, 15) is 4.39 Å². The first-order valence-electron chi connectivity index (χ1n) is 6.93. The first kappa shape index (κ1) is 15.2. The monoisotopic (exact) mass is 335 g/mol. The van der Waals surface area contributed by atoms with Gasteiger partial charge in [0.25, 0.3) is 0 Å². The van der Waals surface area contributed by atoms with Gasteiger partial charge in [0.05, 0.1) is 0 Å². The summed E-state index contributed by atoms with van der Waals surface area (Å²) in [7, 11) is 0. The average molecular weight is 336 g/mol. The van der Waals surface area contributed by atoms with Crippen LogP contribution < -0.4 is 5.32 Å². The van der Waals surface area contributed by atoms with E-state index in [1.165, 1.54) is 11.6 Å². The molecule has 0 aromatic heterocycles. The van der Waals surface area contributed by atoms with E-state index < -0.39 is 0 Å². The number of benzene rings is 2. The van der Waals surface area contributed by atoms with Gasteiger partial charge in [-0.15, -0.1) is 0 Å².